The average molecular weight is 494 g/mol. The third kappa shape index (κ3) is 6.23. The summed E-state index contributed by atoms with van der Waals surface area (Å²) in [5.74, 6) is -0.282. The molecule has 0 unspecified atom stereocenters. The van der Waals surface area contributed by atoms with Crippen molar-refractivity contribution in [2.24, 2.45) is 5.41 Å². The third-order valence-corrected chi connectivity index (χ3v) is 6.81. The summed E-state index contributed by atoms with van der Waals surface area (Å²) in [5, 5.41) is 5.73. The van der Waals surface area contributed by atoms with Gasteiger partial charge in [-0.15, -0.1) is 0 Å². The van der Waals surface area contributed by atoms with E-state index >= 15 is 0 Å². The number of nitrogens with zero attached hydrogens (tertiary/aromatic N) is 1. The lowest BCUT2D eigenvalue weighted by molar-refractivity contribution is -0.0978. The molecular formula is C28H35N3O5. The zero-order valence-corrected chi connectivity index (χ0v) is 21.1. The zero-order chi connectivity index (χ0) is 25.5. The van der Waals surface area contributed by atoms with Gasteiger partial charge < -0.3 is 24.7 Å². The van der Waals surface area contributed by atoms with Gasteiger partial charge >= 0.3 is 0 Å². The SMILES string of the molecule is COc1ccccc1Cn1cc(C(=O)NCCC2=CCCCC2)c(=O)c(C(=O)NCC2(C)COC2)c1. The minimum absolute atomic E-state index is 0.0478. The van der Waals surface area contributed by atoms with E-state index in [2.05, 4.69) is 16.7 Å². The molecule has 0 bridgehead atoms. The lowest BCUT2D eigenvalue weighted by Crippen LogP contribution is -2.49. The quantitative estimate of drug-likeness (QED) is 0.495. The van der Waals surface area contributed by atoms with Crippen molar-refractivity contribution < 1.29 is 19.1 Å². The second-order valence-corrected chi connectivity index (χ2v) is 10.00. The smallest absolute Gasteiger partial charge is 0.256 e. The first-order valence-corrected chi connectivity index (χ1v) is 12.6. The van der Waals surface area contributed by atoms with E-state index in [0.717, 1.165) is 24.8 Å². The number of carbonyl (C=O) groups is 2. The molecule has 1 saturated heterocycles. The van der Waals surface area contributed by atoms with Gasteiger partial charge in [-0.3, -0.25) is 14.4 Å². The number of carbonyl (C=O) groups excluding carboxylic acids is 2. The van der Waals surface area contributed by atoms with Crippen molar-refractivity contribution in [1.82, 2.24) is 15.2 Å². The number of rotatable bonds is 10. The number of benzene rings is 1. The Labute approximate surface area is 211 Å². The summed E-state index contributed by atoms with van der Waals surface area (Å²) >= 11 is 0. The van der Waals surface area contributed by atoms with Gasteiger partial charge in [0.25, 0.3) is 11.8 Å². The van der Waals surface area contributed by atoms with Crippen molar-refractivity contribution in [3.63, 3.8) is 0 Å². The molecule has 1 aromatic carbocycles. The molecule has 8 nitrogen and oxygen atoms in total. The summed E-state index contributed by atoms with van der Waals surface area (Å²) in [6.07, 6.45) is 10.6. The Bertz CT molecular complexity index is 1200. The van der Waals surface area contributed by atoms with Gasteiger partial charge in [0.15, 0.2) is 0 Å². The van der Waals surface area contributed by atoms with Crippen LogP contribution in [0.1, 0.15) is 65.3 Å². The normalized spacial score (nSPS) is 16.4. The van der Waals surface area contributed by atoms with Crippen LogP contribution in [0, 0.1) is 5.41 Å². The van der Waals surface area contributed by atoms with Gasteiger partial charge in [-0.2, -0.15) is 0 Å². The van der Waals surface area contributed by atoms with Gasteiger partial charge in [0.1, 0.15) is 16.9 Å². The van der Waals surface area contributed by atoms with E-state index in [4.69, 9.17) is 9.47 Å². The Hall–Kier alpha value is -3.39. The lowest BCUT2D eigenvalue weighted by Gasteiger charge is -2.38. The second kappa shape index (κ2) is 11.6. The van der Waals surface area contributed by atoms with Gasteiger partial charge in [0.05, 0.1) is 26.9 Å². The van der Waals surface area contributed by atoms with Crippen LogP contribution in [0.4, 0.5) is 0 Å². The maximum absolute atomic E-state index is 13.3. The lowest BCUT2D eigenvalue weighted by atomic mass is 9.88. The number of allylic oxidation sites excluding steroid dienone is 1. The summed E-state index contributed by atoms with van der Waals surface area (Å²) in [6, 6.07) is 7.52. The molecule has 192 valence electrons. The largest absolute Gasteiger partial charge is 0.496 e. The topological polar surface area (TPSA) is 98.7 Å². The van der Waals surface area contributed by atoms with Crippen molar-refractivity contribution in [2.75, 3.05) is 33.4 Å². The molecule has 1 aliphatic carbocycles. The highest BCUT2D eigenvalue weighted by Gasteiger charge is 2.34. The summed E-state index contributed by atoms with van der Waals surface area (Å²) in [6.45, 7) is 4.31. The van der Waals surface area contributed by atoms with Crippen LogP contribution in [0.15, 0.2) is 53.1 Å². The first-order valence-electron chi connectivity index (χ1n) is 12.6. The Morgan fingerprint density at radius 2 is 1.81 bits per heavy atom. The maximum Gasteiger partial charge on any atom is 0.256 e. The minimum Gasteiger partial charge on any atom is -0.496 e. The van der Waals surface area contributed by atoms with E-state index in [0.29, 0.717) is 38.6 Å². The highest BCUT2D eigenvalue weighted by Crippen LogP contribution is 2.25. The van der Waals surface area contributed by atoms with Crippen LogP contribution in [-0.2, 0) is 11.3 Å². The molecule has 0 saturated carbocycles. The zero-order valence-electron chi connectivity index (χ0n) is 21.1. The van der Waals surface area contributed by atoms with E-state index in [1.54, 1.807) is 11.7 Å². The molecule has 4 rings (SSSR count). The molecule has 1 aromatic heterocycles. The number of amides is 2. The van der Waals surface area contributed by atoms with Crippen LogP contribution in [0.25, 0.3) is 0 Å². The molecule has 2 N–H and O–H groups in total. The molecule has 1 fully saturated rings. The third-order valence-electron chi connectivity index (χ3n) is 6.81. The number of pyridine rings is 1. The van der Waals surface area contributed by atoms with E-state index in [-0.39, 0.29) is 16.5 Å². The predicted octanol–water partition coefficient (Wildman–Crippen LogP) is 3.29. The van der Waals surface area contributed by atoms with E-state index in [9.17, 15) is 14.4 Å². The highest BCUT2D eigenvalue weighted by atomic mass is 16.5. The summed E-state index contributed by atoms with van der Waals surface area (Å²) in [4.78, 5) is 39.4. The fraction of sp³-hybridized carbons (Fsp3) is 0.464. The predicted molar refractivity (Wildman–Crippen MR) is 138 cm³/mol. The molecule has 0 radical (unpaired) electrons. The highest BCUT2D eigenvalue weighted by molar-refractivity contribution is 5.99. The number of aromatic nitrogens is 1. The monoisotopic (exact) mass is 493 g/mol. The first-order chi connectivity index (χ1) is 17.4. The number of para-hydroxylation sites is 1. The van der Waals surface area contributed by atoms with Gasteiger partial charge in [-0.25, -0.2) is 0 Å². The number of methoxy groups -OCH3 is 1. The first kappa shape index (κ1) is 25.7. The van der Waals surface area contributed by atoms with Crippen LogP contribution < -0.4 is 20.8 Å². The summed E-state index contributed by atoms with van der Waals surface area (Å²) in [7, 11) is 1.59. The van der Waals surface area contributed by atoms with Crippen LogP contribution in [-0.4, -0.2) is 49.8 Å². The molecule has 8 heteroatoms. The van der Waals surface area contributed by atoms with Crippen molar-refractivity contribution in [3.8, 4) is 5.75 Å². The number of hydrogen-bond donors (Lipinski definition) is 2. The van der Waals surface area contributed by atoms with E-state index in [1.165, 1.54) is 30.8 Å². The summed E-state index contributed by atoms with van der Waals surface area (Å²) < 4.78 is 12.4. The van der Waals surface area contributed by atoms with Crippen molar-refractivity contribution in [1.29, 1.82) is 0 Å². The van der Waals surface area contributed by atoms with Gasteiger partial charge in [0.2, 0.25) is 5.43 Å². The molecule has 2 aromatic rings. The standard InChI is InChI=1S/C28H35N3O5/c1-28(18-36-19-28)17-30-27(34)23-16-31(14-21-10-6-7-11-24(21)35-2)15-22(25(23)32)26(33)29-13-12-20-8-4-3-5-9-20/h6-8,10-11,15-16H,3-5,9,12-14,17-19H2,1-2H3,(H,29,33)(H,30,34). The molecular weight excluding hydrogens is 458 g/mol. The Morgan fingerprint density at radius 1 is 1.08 bits per heavy atom. The number of ether oxygens (including phenoxy) is 2. The maximum atomic E-state index is 13.3. The molecule has 2 amide bonds. The second-order valence-electron chi connectivity index (χ2n) is 10.00. The molecule has 2 aliphatic rings. The summed E-state index contributed by atoms with van der Waals surface area (Å²) in [5.41, 5.74) is 1.38. The Morgan fingerprint density at radius 3 is 2.44 bits per heavy atom. The van der Waals surface area contributed by atoms with E-state index < -0.39 is 17.2 Å². The van der Waals surface area contributed by atoms with Gasteiger partial charge in [-0.05, 0) is 38.2 Å². The van der Waals surface area contributed by atoms with Crippen LogP contribution in [0.3, 0.4) is 0 Å². The fourth-order valence-corrected chi connectivity index (χ4v) is 4.58. The van der Waals surface area contributed by atoms with Crippen molar-refractivity contribution in [3.05, 3.63) is 75.2 Å². The van der Waals surface area contributed by atoms with Crippen LogP contribution in [0.2, 0.25) is 0 Å². The van der Waals surface area contributed by atoms with Gasteiger partial charge in [-0.1, -0.05) is 36.8 Å². The minimum atomic E-state index is -0.576. The molecule has 2 heterocycles. The van der Waals surface area contributed by atoms with Crippen molar-refractivity contribution in [2.45, 2.75) is 45.6 Å². The van der Waals surface area contributed by atoms with Crippen LogP contribution >= 0.6 is 0 Å². The van der Waals surface area contributed by atoms with E-state index in [1.807, 2.05) is 31.2 Å². The molecule has 0 atom stereocenters. The molecule has 36 heavy (non-hydrogen) atoms. The molecule has 1 aliphatic heterocycles. The number of nitrogens with one attached hydrogen (secondary N) is 2. The average Bonchev–Trinajstić information content (AvgIpc) is 2.88. The Balaban J connectivity index is 1.57. The fourth-order valence-electron chi connectivity index (χ4n) is 4.58. The van der Waals surface area contributed by atoms with Gasteiger partial charge in [0, 0.05) is 36.5 Å². The Kier molecular flexibility index (Phi) is 8.25. The van der Waals surface area contributed by atoms with Crippen LogP contribution in [0.5, 0.6) is 5.75 Å². The van der Waals surface area contributed by atoms with Crippen molar-refractivity contribution >= 4 is 11.8 Å². The molecule has 0 spiro atoms. The number of hydrogen-bond acceptors (Lipinski definition) is 5.